The molecule has 0 heterocycles. The molecule has 0 aliphatic heterocycles. The smallest absolute Gasteiger partial charge is 0.315 e. The van der Waals surface area contributed by atoms with Gasteiger partial charge >= 0.3 is 6.03 Å². The van der Waals surface area contributed by atoms with E-state index >= 15 is 0 Å². The Labute approximate surface area is 139 Å². The number of benzene rings is 1. The Morgan fingerprint density at radius 1 is 1.32 bits per heavy atom. The first-order valence-electron chi connectivity index (χ1n) is 7.33. The normalized spacial score (nSPS) is 16.6. The maximum Gasteiger partial charge on any atom is 0.315 e. The van der Waals surface area contributed by atoms with Crippen LogP contribution in [0, 0.1) is 5.92 Å². The van der Waals surface area contributed by atoms with E-state index in [2.05, 4.69) is 26.6 Å². The van der Waals surface area contributed by atoms with Gasteiger partial charge in [-0.15, -0.1) is 0 Å². The third kappa shape index (κ3) is 5.28. The highest BCUT2D eigenvalue weighted by atomic mass is 79.9. The molecule has 1 atom stereocenters. The summed E-state index contributed by atoms with van der Waals surface area (Å²) in [7, 11) is -3.06. The molecule has 2 rings (SSSR count). The van der Waals surface area contributed by atoms with Gasteiger partial charge in [-0.05, 0) is 36.5 Å². The molecule has 0 aromatic heterocycles. The van der Waals surface area contributed by atoms with E-state index in [0.29, 0.717) is 5.92 Å². The Kier molecular flexibility index (Phi) is 5.86. The fourth-order valence-corrected chi connectivity index (χ4v) is 3.20. The Bertz CT molecular complexity index is 612. The van der Waals surface area contributed by atoms with Crippen molar-refractivity contribution in [3.63, 3.8) is 0 Å². The highest BCUT2D eigenvalue weighted by Gasteiger charge is 2.29. The van der Waals surface area contributed by atoms with Crippen molar-refractivity contribution in [2.24, 2.45) is 5.92 Å². The van der Waals surface area contributed by atoms with Crippen LogP contribution in [0.4, 0.5) is 4.79 Å². The molecule has 2 amide bonds. The van der Waals surface area contributed by atoms with Crippen LogP contribution in [0.15, 0.2) is 28.7 Å². The Morgan fingerprint density at radius 2 is 1.95 bits per heavy atom. The molecule has 1 aromatic rings. The van der Waals surface area contributed by atoms with E-state index in [1.165, 1.54) is 6.42 Å². The van der Waals surface area contributed by atoms with Gasteiger partial charge in [0.25, 0.3) is 0 Å². The van der Waals surface area contributed by atoms with Crippen molar-refractivity contribution in [1.29, 1.82) is 0 Å². The zero-order valence-corrected chi connectivity index (χ0v) is 14.9. The van der Waals surface area contributed by atoms with Gasteiger partial charge in [0, 0.05) is 17.3 Å². The fraction of sp³-hybridized carbons (Fsp3) is 0.533. The van der Waals surface area contributed by atoms with Gasteiger partial charge in [-0.3, -0.25) is 0 Å². The van der Waals surface area contributed by atoms with Crippen molar-refractivity contribution in [2.45, 2.75) is 25.3 Å². The first-order valence-corrected chi connectivity index (χ1v) is 10.2. The second kappa shape index (κ2) is 7.46. The minimum Gasteiger partial charge on any atom is -0.337 e. The van der Waals surface area contributed by atoms with Gasteiger partial charge in [-0.2, -0.15) is 0 Å². The Balaban J connectivity index is 1.95. The number of halogens is 1. The lowest BCUT2D eigenvalue weighted by Gasteiger charge is -2.34. The van der Waals surface area contributed by atoms with Crippen molar-refractivity contribution >= 4 is 31.8 Å². The number of nitrogens with one attached hydrogen (secondary N) is 2. The van der Waals surface area contributed by atoms with E-state index < -0.39 is 9.84 Å². The van der Waals surface area contributed by atoms with Gasteiger partial charge in [-0.1, -0.05) is 34.5 Å². The van der Waals surface area contributed by atoms with E-state index in [0.717, 1.165) is 29.1 Å². The van der Waals surface area contributed by atoms with Gasteiger partial charge in [0.1, 0.15) is 9.84 Å². The number of hydrogen-bond donors (Lipinski definition) is 2. The first-order chi connectivity index (χ1) is 10.3. The minimum atomic E-state index is -3.06. The molecule has 1 aromatic carbocycles. The number of sulfone groups is 1. The summed E-state index contributed by atoms with van der Waals surface area (Å²) in [6, 6.07) is 7.59. The van der Waals surface area contributed by atoms with Crippen LogP contribution >= 0.6 is 15.9 Å². The van der Waals surface area contributed by atoms with E-state index in [4.69, 9.17) is 0 Å². The van der Waals surface area contributed by atoms with E-state index in [9.17, 15) is 13.2 Å². The van der Waals surface area contributed by atoms with Crippen molar-refractivity contribution in [3.05, 3.63) is 34.3 Å². The predicted octanol–water partition coefficient (Wildman–Crippen LogP) is 2.63. The van der Waals surface area contributed by atoms with Crippen molar-refractivity contribution in [1.82, 2.24) is 10.6 Å². The maximum atomic E-state index is 12.0. The summed E-state index contributed by atoms with van der Waals surface area (Å²) in [6.07, 6.45) is 4.55. The fourth-order valence-electron chi connectivity index (χ4n) is 2.46. The Hall–Kier alpha value is -1.08. The van der Waals surface area contributed by atoms with Crippen LogP contribution in [-0.2, 0) is 9.84 Å². The lowest BCUT2D eigenvalue weighted by atomic mass is 9.77. The molecule has 1 aliphatic rings. The molecule has 22 heavy (non-hydrogen) atoms. The monoisotopic (exact) mass is 388 g/mol. The summed E-state index contributed by atoms with van der Waals surface area (Å²) in [5.41, 5.74) is 1.08. The summed E-state index contributed by atoms with van der Waals surface area (Å²) in [6.45, 7) is 0.127. The molecule has 1 fully saturated rings. The molecule has 1 aliphatic carbocycles. The van der Waals surface area contributed by atoms with E-state index in [1.54, 1.807) is 0 Å². The van der Waals surface area contributed by atoms with Crippen LogP contribution in [0.25, 0.3) is 0 Å². The zero-order valence-electron chi connectivity index (χ0n) is 12.5. The van der Waals surface area contributed by atoms with Crippen LogP contribution in [0.1, 0.15) is 30.9 Å². The lowest BCUT2D eigenvalue weighted by molar-refractivity contribution is 0.208. The number of carbonyl (C=O) groups excluding carboxylic acids is 1. The maximum absolute atomic E-state index is 12.0. The zero-order chi connectivity index (χ0) is 16.2. The topological polar surface area (TPSA) is 75.3 Å². The van der Waals surface area contributed by atoms with E-state index in [1.807, 2.05) is 24.3 Å². The molecule has 0 spiro atoms. The average Bonchev–Trinajstić information content (AvgIpc) is 2.35. The molecule has 0 unspecified atom stereocenters. The molecular weight excluding hydrogens is 368 g/mol. The van der Waals surface area contributed by atoms with Gasteiger partial charge in [0.2, 0.25) is 0 Å². The summed E-state index contributed by atoms with van der Waals surface area (Å²) in [5.74, 6) is 0.397. The predicted molar refractivity (Wildman–Crippen MR) is 90.5 cm³/mol. The van der Waals surface area contributed by atoms with Crippen LogP contribution in [0.5, 0.6) is 0 Å². The van der Waals surface area contributed by atoms with Crippen LogP contribution in [0.3, 0.4) is 0 Å². The second-order valence-corrected chi connectivity index (χ2v) is 8.93. The standard InChI is InChI=1S/C15H21BrN2O3S/c1-22(20,21)10-9-17-15(19)18-14(11-3-2-4-11)12-5-7-13(16)8-6-12/h5-8,11,14H,2-4,9-10H2,1H3,(H2,17,18,19)/t14-/m0/s1. The summed E-state index contributed by atoms with van der Waals surface area (Å²) >= 11 is 3.41. The number of hydrogen-bond acceptors (Lipinski definition) is 3. The highest BCUT2D eigenvalue weighted by molar-refractivity contribution is 9.10. The summed E-state index contributed by atoms with van der Waals surface area (Å²) in [5, 5.41) is 5.60. The molecule has 1 saturated carbocycles. The number of amides is 2. The van der Waals surface area contributed by atoms with Gasteiger partial charge in [-0.25, -0.2) is 13.2 Å². The highest BCUT2D eigenvalue weighted by Crippen LogP contribution is 2.37. The number of rotatable bonds is 6. The molecule has 7 heteroatoms. The van der Waals surface area contributed by atoms with E-state index in [-0.39, 0.29) is 24.4 Å². The molecule has 2 N–H and O–H groups in total. The van der Waals surface area contributed by atoms with Crippen LogP contribution in [-0.4, -0.2) is 33.0 Å². The van der Waals surface area contributed by atoms with Crippen LogP contribution < -0.4 is 10.6 Å². The van der Waals surface area contributed by atoms with Gasteiger partial charge < -0.3 is 10.6 Å². The Morgan fingerprint density at radius 3 is 2.45 bits per heavy atom. The number of urea groups is 1. The molecular formula is C15H21BrN2O3S. The third-order valence-electron chi connectivity index (χ3n) is 3.90. The van der Waals surface area contributed by atoms with Crippen LogP contribution in [0.2, 0.25) is 0 Å². The first kappa shape index (κ1) is 17.3. The molecule has 0 radical (unpaired) electrons. The van der Waals surface area contributed by atoms with Gasteiger partial charge in [0.15, 0.2) is 0 Å². The van der Waals surface area contributed by atoms with Crippen molar-refractivity contribution in [3.8, 4) is 0 Å². The average molecular weight is 389 g/mol. The lowest BCUT2D eigenvalue weighted by Crippen LogP contribution is -2.43. The number of carbonyl (C=O) groups is 1. The summed E-state index contributed by atoms with van der Waals surface area (Å²) < 4.78 is 23.2. The van der Waals surface area contributed by atoms with Gasteiger partial charge in [0.05, 0.1) is 11.8 Å². The molecule has 5 nitrogen and oxygen atoms in total. The largest absolute Gasteiger partial charge is 0.337 e. The quantitative estimate of drug-likeness (QED) is 0.786. The SMILES string of the molecule is CS(=O)(=O)CCNC(=O)N[C@H](c1ccc(Br)cc1)C1CCC1. The third-order valence-corrected chi connectivity index (χ3v) is 5.37. The molecule has 0 bridgehead atoms. The molecule has 122 valence electrons. The second-order valence-electron chi connectivity index (χ2n) is 5.75. The van der Waals surface area contributed by atoms with Crippen molar-refractivity contribution < 1.29 is 13.2 Å². The minimum absolute atomic E-state index is 0.0277. The van der Waals surface area contributed by atoms with Crippen molar-refractivity contribution in [2.75, 3.05) is 18.6 Å². The molecule has 0 saturated heterocycles. The summed E-state index contributed by atoms with van der Waals surface area (Å²) in [4.78, 5) is 12.0.